The van der Waals surface area contributed by atoms with Gasteiger partial charge in [0.1, 0.15) is 0 Å². The highest BCUT2D eigenvalue weighted by Gasteiger charge is 2.10. The monoisotopic (exact) mass is 719 g/mol. The van der Waals surface area contributed by atoms with Crippen LogP contribution in [0.4, 0.5) is 0 Å². The molecule has 0 aliphatic carbocycles. The van der Waals surface area contributed by atoms with Crippen molar-refractivity contribution in [2.24, 2.45) is 0 Å². The number of unbranched alkanes of at least 4 members (excludes halogenated alkanes) is 40. The average molecular weight is 719 g/mol. The van der Waals surface area contributed by atoms with Crippen LogP contribution in [0, 0.1) is 0 Å². The Morgan fingerprint density at radius 3 is 0.529 bits per heavy atom. The molecule has 0 saturated heterocycles. The van der Waals surface area contributed by atoms with E-state index in [0.29, 0.717) is 12.8 Å². The molecular weight excluding hydrogens is 625 g/mol. The second kappa shape index (κ2) is 45.3. The van der Waals surface area contributed by atoms with Crippen molar-refractivity contribution in [1.29, 1.82) is 0 Å². The van der Waals surface area contributed by atoms with E-state index < -0.39 is 0 Å². The Labute approximate surface area is 321 Å². The van der Waals surface area contributed by atoms with Gasteiger partial charge in [-0.25, -0.2) is 0 Å². The molecule has 304 valence electrons. The van der Waals surface area contributed by atoms with Gasteiger partial charge in [0, 0.05) is 12.8 Å². The van der Waals surface area contributed by atoms with Crippen LogP contribution >= 0.6 is 0 Å². The molecule has 3 heteroatoms. The summed E-state index contributed by atoms with van der Waals surface area (Å²) in [4.78, 5) is 24.0. The molecule has 0 unspecified atom stereocenters. The first-order chi connectivity index (χ1) is 25.2. The van der Waals surface area contributed by atoms with E-state index in [1.165, 1.54) is 244 Å². The van der Waals surface area contributed by atoms with Crippen LogP contribution in [-0.4, -0.2) is 11.9 Å². The summed E-state index contributed by atoms with van der Waals surface area (Å²) in [5.41, 5.74) is 0. The van der Waals surface area contributed by atoms with E-state index in [2.05, 4.69) is 13.8 Å². The Hall–Kier alpha value is -0.860. The standard InChI is InChI=1S/C48H94O3/c1-3-5-7-9-11-13-15-17-19-20-21-22-23-24-25-26-27-28-29-30-32-34-36-38-40-42-44-46-48(50)51-47(49)45-43-41-39-37-35-33-31-18-16-14-12-10-8-6-4-2/h3-46H2,1-2H3. The number of ether oxygens (including phenoxy) is 1. The summed E-state index contributed by atoms with van der Waals surface area (Å²) >= 11 is 0. The minimum atomic E-state index is -0.320. The molecule has 0 N–H and O–H groups in total. The Morgan fingerprint density at radius 2 is 0.373 bits per heavy atom. The van der Waals surface area contributed by atoms with Crippen molar-refractivity contribution in [2.75, 3.05) is 0 Å². The molecule has 0 aliphatic rings. The minimum Gasteiger partial charge on any atom is -0.393 e. The molecule has 0 rings (SSSR count). The molecule has 0 spiro atoms. The lowest BCUT2D eigenvalue weighted by molar-refractivity contribution is -0.159. The lowest BCUT2D eigenvalue weighted by Gasteiger charge is -2.05. The minimum absolute atomic E-state index is 0.319. The fourth-order valence-corrected chi connectivity index (χ4v) is 7.63. The van der Waals surface area contributed by atoms with Gasteiger partial charge in [0.15, 0.2) is 0 Å². The number of carbonyl (C=O) groups excluding carboxylic acids is 2. The van der Waals surface area contributed by atoms with Gasteiger partial charge in [0.2, 0.25) is 0 Å². The molecule has 0 radical (unpaired) electrons. The van der Waals surface area contributed by atoms with E-state index in [9.17, 15) is 9.59 Å². The molecule has 51 heavy (non-hydrogen) atoms. The van der Waals surface area contributed by atoms with Crippen molar-refractivity contribution in [3.63, 3.8) is 0 Å². The topological polar surface area (TPSA) is 43.4 Å². The van der Waals surface area contributed by atoms with Crippen molar-refractivity contribution in [3.05, 3.63) is 0 Å². The molecule has 0 aromatic carbocycles. The predicted molar refractivity (Wildman–Crippen MR) is 226 cm³/mol. The van der Waals surface area contributed by atoms with E-state index in [1.807, 2.05) is 0 Å². The fraction of sp³-hybridized carbons (Fsp3) is 0.958. The van der Waals surface area contributed by atoms with Crippen molar-refractivity contribution in [3.8, 4) is 0 Å². The summed E-state index contributed by atoms with van der Waals surface area (Å²) in [6.45, 7) is 4.58. The molecule has 0 fully saturated rings. The Kier molecular flexibility index (Phi) is 44.5. The molecule has 0 bridgehead atoms. The van der Waals surface area contributed by atoms with E-state index in [4.69, 9.17) is 4.74 Å². The molecule has 0 atom stereocenters. The lowest BCUT2D eigenvalue weighted by atomic mass is 10.0. The number of carbonyl (C=O) groups is 2. The number of hydrogen-bond acceptors (Lipinski definition) is 3. The van der Waals surface area contributed by atoms with Crippen molar-refractivity contribution < 1.29 is 14.3 Å². The van der Waals surface area contributed by atoms with Gasteiger partial charge in [-0.3, -0.25) is 9.59 Å². The quantitative estimate of drug-likeness (QED) is 0.0358. The summed E-state index contributed by atoms with van der Waals surface area (Å²) in [6.07, 6.45) is 57.8. The summed E-state index contributed by atoms with van der Waals surface area (Å²) in [5.74, 6) is -0.639. The SMILES string of the molecule is CCCCCCCCCCCCCCCCCCCCCCCCCCCCCC(=O)OC(=O)CCCCCCCCCCCCCCCCC. The highest BCUT2D eigenvalue weighted by molar-refractivity contribution is 5.85. The van der Waals surface area contributed by atoms with Crippen LogP contribution < -0.4 is 0 Å². The molecule has 0 saturated carbocycles. The first kappa shape index (κ1) is 50.1. The zero-order chi connectivity index (χ0) is 37.0. The van der Waals surface area contributed by atoms with Crippen LogP contribution in [0.5, 0.6) is 0 Å². The zero-order valence-corrected chi connectivity index (χ0v) is 35.3. The van der Waals surface area contributed by atoms with Gasteiger partial charge in [0.05, 0.1) is 0 Å². The van der Waals surface area contributed by atoms with Gasteiger partial charge in [-0.15, -0.1) is 0 Å². The molecular formula is C48H94O3. The average Bonchev–Trinajstić information content (AvgIpc) is 3.12. The summed E-state index contributed by atoms with van der Waals surface area (Å²) in [7, 11) is 0. The van der Waals surface area contributed by atoms with Crippen molar-refractivity contribution in [2.45, 2.75) is 296 Å². The van der Waals surface area contributed by atoms with Crippen LogP contribution in [0.25, 0.3) is 0 Å². The second-order valence-electron chi connectivity index (χ2n) is 16.5. The Morgan fingerprint density at radius 1 is 0.235 bits per heavy atom. The van der Waals surface area contributed by atoms with Gasteiger partial charge < -0.3 is 4.74 Å². The van der Waals surface area contributed by atoms with Gasteiger partial charge >= 0.3 is 11.9 Å². The summed E-state index contributed by atoms with van der Waals surface area (Å²) in [5, 5.41) is 0. The van der Waals surface area contributed by atoms with Crippen LogP contribution in [0.1, 0.15) is 296 Å². The Balaban J connectivity index is 3.23. The van der Waals surface area contributed by atoms with Gasteiger partial charge in [-0.05, 0) is 12.8 Å². The van der Waals surface area contributed by atoms with E-state index in [0.717, 1.165) is 25.7 Å². The van der Waals surface area contributed by atoms with Crippen molar-refractivity contribution >= 4 is 11.9 Å². The van der Waals surface area contributed by atoms with E-state index in [1.54, 1.807) is 0 Å². The lowest BCUT2D eigenvalue weighted by Crippen LogP contribution is -2.11. The first-order valence-corrected chi connectivity index (χ1v) is 23.9. The largest absolute Gasteiger partial charge is 0.393 e. The van der Waals surface area contributed by atoms with Gasteiger partial charge in [-0.2, -0.15) is 0 Å². The maximum atomic E-state index is 12.0. The molecule has 0 amide bonds. The highest BCUT2D eigenvalue weighted by Crippen LogP contribution is 2.17. The highest BCUT2D eigenvalue weighted by atomic mass is 16.6. The van der Waals surface area contributed by atoms with Crippen molar-refractivity contribution in [1.82, 2.24) is 0 Å². The maximum absolute atomic E-state index is 12.0. The fourth-order valence-electron chi connectivity index (χ4n) is 7.63. The summed E-state index contributed by atoms with van der Waals surface area (Å²) < 4.78 is 5.05. The smallest absolute Gasteiger partial charge is 0.313 e. The Bertz CT molecular complexity index is 673. The third-order valence-corrected chi connectivity index (χ3v) is 11.2. The van der Waals surface area contributed by atoms with Gasteiger partial charge in [0.25, 0.3) is 0 Å². The maximum Gasteiger partial charge on any atom is 0.313 e. The van der Waals surface area contributed by atoms with Gasteiger partial charge in [-0.1, -0.05) is 271 Å². The third-order valence-electron chi connectivity index (χ3n) is 11.2. The van der Waals surface area contributed by atoms with Crippen LogP contribution in [0.3, 0.4) is 0 Å². The van der Waals surface area contributed by atoms with Crippen LogP contribution in [0.15, 0.2) is 0 Å². The predicted octanol–water partition coefficient (Wildman–Crippen LogP) is 17.3. The zero-order valence-electron chi connectivity index (χ0n) is 35.3. The second-order valence-corrected chi connectivity index (χ2v) is 16.5. The number of rotatable bonds is 44. The third kappa shape index (κ3) is 45.2. The normalized spacial score (nSPS) is 11.4. The number of hydrogen-bond donors (Lipinski definition) is 0. The van der Waals surface area contributed by atoms with E-state index >= 15 is 0 Å². The van der Waals surface area contributed by atoms with E-state index in [-0.39, 0.29) is 11.9 Å². The molecule has 3 nitrogen and oxygen atoms in total. The molecule has 0 aliphatic heterocycles. The molecule has 0 aromatic rings. The van der Waals surface area contributed by atoms with Crippen LogP contribution in [0.2, 0.25) is 0 Å². The molecule has 0 aromatic heterocycles. The summed E-state index contributed by atoms with van der Waals surface area (Å²) in [6, 6.07) is 0. The molecule has 0 heterocycles. The van der Waals surface area contributed by atoms with Crippen LogP contribution in [-0.2, 0) is 14.3 Å². The first-order valence-electron chi connectivity index (χ1n) is 23.9. The number of esters is 2.